The van der Waals surface area contributed by atoms with E-state index in [0.29, 0.717) is 5.52 Å². The highest BCUT2D eigenvalue weighted by Crippen LogP contribution is 2.17. The molecule has 0 saturated carbocycles. The van der Waals surface area contributed by atoms with Crippen molar-refractivity contribution in [2.24, 2.45) is 0 Å². The second-order valence-electron chi connectivity index (χ2n) is 4.41. The van der Waals surface area contributed by atoms with Gasteiger partial charge in [-0.25, -0.2) is 9.59 Å². The molecule has 114 valence electrons. The van der Waals surface area contributed by atoms with E-state index in [1.807, 2.05) is 17.4 Å². The third-order valence-electron chi connectivity index (χ3n) is 2.92. The molecule has 2 aromatic rings. The molecular formula is C15H14N2O5. The van der Waals surface area contributed by atoms with Crippen LogP contribution in [0.15, 0.2) is 36.5 Å². The van der Waals surface area contributed by atoms with E-state index >= 15 is 0 Å². The number of fused-ring (bicyclic) bond motifs is 1. The van der Waals surface area contributed by atoms with E-state index in [1.165, 1.54) is 6.92 Å². The van der Waals surface area contributed by atoms with Crippen LogP contribution >= 0.6 is 0 Å². The zero-order chi connectivity index (χ0) is 16.1. The summed E-state index contributed by atoms with van der Waals surface area (Å²) in [6.07, 6.45) is -0.503. The SMILES string of the molecule is COC(=O)NC(=O)[C@@H](C)OC(=O)c1cccc2cccnc12. The van der Waals surface area contributed by atoms with Crippen molar-refractivity contribution in [2.45, 2.75) is 13.0 Å². The highest BCUT2D eigenvalue weighted by molar-refractivity contribution is 6.04. The molecule has 0 bridgehead atoms. The number of nitrogens with one attached hydrogen (secondary N) is 1. The first-order valence-corrected chi connectivity index (χ1v) is 6.46. The van der Waals surface area contributed by atoms with E-state index in [-0.39, 0.29) is 5.56 Å². The quantitative estimate of drug-likeness (QED) is 0.866. The number of carbonyl (C=O) groups is 3. The van der Waals surface area contributed by atoms with Crippen LogP contribution in [0.25, 0.3) is 10.9 Å². The van der Waals surface area contributed by atoms with Crippen molar-refractivity contribution < 1.29 is 23.9 Å². The number of methoxy groups -OCH3 is 1. The molecule has 22 heavy (non-hydrogen) atoms. The number of hydrogen-bond donors (Lipinski definition) is 1. The fourth-order valence-corrected chi connectivity index (χ4v) is 1.80. The lowest BCUT2D eigenvalue weighted by Crippen LogP contribution is -2.39. The van der Waals surface area contributed by atoms with E-state index in [9.17, 15) is 14.4 Å². The normalized spacial score (nSPS) is 11.5. The van der Waals surface area contributed by atoms with Gasteiger partial charge >= 0.3 is 12.1 Å². The maximum atomic E-state index is 12.2. The average Bonchev–Trinajstić information content (AvgIpc) is 2.53. The van der Waals surface area contributed by atoms with Crippen molar-refractivity contribution in [1.29, 1.82) is 0 Å². The molecule has 0 aliphatic carbocycles. The number of alkyl carbamates (subject to hydrolysis) is 1. The first kappa shape index (κ1) is 15.4. The van der Waals surface area contributed by atoms with Crippen LogP contribution in [0.5, 0.6) is 0 Å². The molecule has 0 unspecified atom stereocenters. The van der Waals surface area contributed by atoms with Crippen molar-refractivity contribution in [3.05, 3.63) is 42.1 Å². The number of nitrogens with zero attached hydrogens (tertiary/aromatic N) is 1. The number of rotatable bonds is 3. The summed E-state index contributed by atoms with van der Waals surface area (Å²) >= 11 is 0. The third-order valence-corrected chi connectivity index (χ3v) is 2.92. The van der Waals surface area contributed by atoms with Gasteiger partial charge in [0, 0.05) is 11.6 Å². The van der Waals surface area contributed by atoms with Gasteiger partial charge in [-0.2, -0.15) is 0 Å². The van der Waals surface area contributed by atoms with Gasteiger partial charge in [0.05, 0.1) is 18.2 Å². The molecular weight excluding hydrogens is 288 g/mol. The fraction of sp³-hybridized carbons (Fsp3) is 0.200. The lowest BCUT2D eigenvalue weighted by molar-refractivity contribution is -0.128. The molecule has 0 aliphatic rings. The summed E-state index contributed by atoms with van der Waals surface area (Å²) < 4.78 is 9.35. The van der Waals surface area contributed by atoms with E-state index < -0.39 is 24.1 Å². The van der Waals surface area contributed by atoms with Crippen LogP contribution in [0.1, 0.15) is 17.3 Å². The highest BCUT2D eigenvalue weighted by atomic mass is 16.6. The maximum absolute atomic E-state index is 12.2. The second-order valence-corrected chi connectivity index (χ2v) is 4.41. The molecule has 7 heteroatoms. The number of amides is 2. The van der Waals surface area contributed by atoms with E-state index in [2.05, 4.69) is 9.72 Å². The van der Waals surface area contributed by atoms with Gasteiger partial charge in [-0.1, -0.05) is 18.2 Å². The zero-order valence-electron chi connectivity index (χ0n) is 12.0. The summed E-state index contributed by atoms with van der Waals surface area (Å²) in [6.45, 7) is 1.36. The lowest BCUT2D eigenvalue weighted by Gasteiger charge is -2.13. The number of benzene rings is 1. The van der Waals surface area contributed by atoms with Gasteiger partial charge in [-0.15, -0.1) is 0 Å². The van der Waals surface area contributed by atoms with Gasteiger partial charge in [0.2, 0.25) is 0 Å². The van der Waals surface area contributed by atoms with Crippen LogP contribution in [-0.2, 0) is 14.3 Å². The van der Waals surface area contributed by atoms with Gasteiger partial charge in [0.1, 0.15) is 0 Å². The Bertz CT molecular complexity index is 723. The Morgan fingerprint density at radius 1 is 1.18 bits per heavy atom. The van der Waals surface area contributed by atoms with Crippen molar-refractivity contribution in [3.63, 3.8) is 0 Å². The Morgan fingerprint density at radius 2 is 1.91 bits per heavy atom. The Labute approximate surface area is 126 Å². The van der Waals surface area contributed by atoms with Crippen molar-refractivity contribution in [3.8, 4) is 0 Å². The van der Waals surface area contributed by atoms with Gasteiger partial charge in [0.15, 0.2) is 6.10 Å². The summed E-state index contributed by atoms with van der Waals surface area (Å²) in [4.78, 5) is 38.9. The maximum Gasteiger partial charge on any atom is 0.413 e. The number of hydrogen-bond acceptors (Lipinski definition) is 6. The molecule has 1 aromatic heterocycles. The molecule has 1 heterocycles. The summed E-state index contributed by atoms with van der Waals surface area (Å²) in [5.41, 5.74) is 0.728. The molecule has 0 aliphatic heterocycles. The van der Waals surface area contributed by atoms with Crippen LogP contribution in [0.2, 0.25) is 0 Å². The molecule has 1 aromatic carbocycles. The first-order chi connectivity index (χ1) is 10.5. The Balaban J connectivity index is 2.14. The number of para-hydroxylation sites is 1. The monoisotopic (exact) mass is 302 g/mol. The largest absolute Gasteiger partial charge is 0.453 e. The number of esters is 1. The number of imide groups is 1. The summed E-state index contributed by atoms with van der Waals surface area (Å²) in [5.74, 6) is -1.47. The van der Waals surface area contributed by atoms with Gasteiger partial charge in [-0.05, 0) is 19.1 Å². The van der Waals surface area contributed by atoms with Gasteiger partial charge in [0.25, 0.3) is 5.91 Å². The topological polar surface area (TPSA) is 94.6 Å². The third kappa shape index (κ3) is 3.38. The molecule has 7 nitrogen and oxygen atoms in total. The molecule has 0 fully saturated rings. The minimum absolute atomic E-state index is 0.246. The van der Waals surface area contributed by atoms with Crippen molar-refractivity contribution in [2.75, 3.05) is 7.11 Å². The van der Waals surface area contributed by atoms with Crippen LogP contribution in [0.4, 0.5) is 4.79 Å². The second kappa shape index (κ2) is 6.66. The minimum atomic E-state index is -1.15. The molecule has 0 radical (unpaired) electrons. The molecule has 2 rings (SSSR count). The standard InChI is InChI=1S/C15H14N2O5/c1-9(13(18)17-15(20)21-2)22-14(19)11-7-3-5-10-6-4-8-16-12(10)11/h3-9H,1-2H3,(H,17,18,20)/t9-/m1/s1. The van der Waals surface area contributed by atoms with Gasteiger partial charge < -0.3 is 9.47 Å². The van der Waals surface area contributed by atoms with Crippen molar-refractivity contribution in [1.82, 2.24) is 10.3 Å². The lowest BCUT2D eigenvalue weighted by atomic mass is 10.1. The van der Waals surface area contributed by atoms with E-state index in [4.69, 9.17) is 4.74 Å². The average molecular weight is 302 g/mol. The summed E-state index contributed by atoms with van der Waals surface area (Å²) in [7, 11) is 1.13. The Kier molecular flexibility index (Phi) is 4.67. The van der Waals surface area contributed by atoms with Crippen molar-refractivity contribution >= 4 is 28.9 Å². The minimum Gasteiger partial charge on any atom is -0.453 e. The first-order valence-electron chi connectivity index (χ1n) is 6.46. The highest BCUT2D eigenvalue weighted by Gasteiger charge is 2.22. The Morgan fingerprint density at radius 3 is 2.64 bits per heavy atom. The zero-order valence-corrected chi connectivity index (χ0v) is 12.0. The number of aromatic nitrogens is 1. The number of carbonyl (C=O) groups excluding carboxylic acids is 3. The molecule has 1 N–H and O–H groups in total. The van der Waals surface area contributed by atoms with E-state index in [0.717, 1.165) is 12.5 Å². The molecule has 2 amide bonds. The van der Waals surface area contributed by atoms with Crippen LogP contribution in [0, 0.1) is 0 Å². The number of pyridine rings is 1. The van der Waals surface area contributed by atoms with Crippen LogP contribution < -0.4 is 5.32 Å². The van der Waals surface area contributed by atoms with Crippen LogP contribution in [-0.4, -0.2) is 36.2 Å². The molecule has 1 atom stereocenters. The predicted octanol–water partition coefficient (Wildman–Crippen LogP) is 1.66. The fourth-order valence-electron chi connectivity index (χ4n) is 1.80. The summed E-state index contributed by atoms with van der Waals surface area (Å²) in [6, 6.07) is 8.63. The summed E-state index contributed by atoms with van der Waals surface area (Å²) in [5, 5.41) is 2.71. The smallest absolute Gasteiger partial charge is 0.413 e. The van der Waals surface area contributed by atoms with Gasteiger partial charge in [-0.3, -0.25) is 15.1 Å². The number of ether oxygens (including phenoxy) is 2. The molecule has 0 saturated heterocycles. The van der Waals surface area contributed by atoms with E-state index in [1.54, 1.807) is 24.4 Å². The predicted molar refractivity (Wildman–Crippen MR) is 77.2 cm³/mol. The molecule has 0 spiro atoms. The Hall–Kier alpha value is -2.96. The van der Waals surface area contributed by atoms with Crippen LogP contribution in [0.3, 0.4) is 0 Å².